The van der Waals surface area contributed by atoms with E-state index in [2.05, 4.69) is 55.4 Å². The van der Waals surface area contributed by atoms with Crippen LogP contribution in [0.15, 0.2) is 34.9 Å². The number of para-hydroxylation sites is 1. The second-order valence-corrected chi connectivity index (χ2v) is 5.83. The van der Waals surface area contributed by atoms with Crippen molar-refractivity contribution in [2.24, 2.45) is 0 Å². The van der Waals surface area contributed by atoms with Gasteiger partial charge in [-0.1, -0.05) is 12.1 Å². The molecule has 1 fully saturated rings. The second kappa shape index (κ2) is 6.52. The molecule has 1 saturated heterocycles. The Morgan fingerprint density at radius 3 is 3.00 bits per heavy atom. The van der Waals surface area contributed by atoms with Crippen molar-refractivity contribution in [1.82, 2.24) is 9.88 Å². The molecule has 4 nitrogen and oxygen atoms in total. The van der Waals surface area contributed by atoms with Crippen molar-refractivity contribution >= 4 is 32.5 Å². The first-order chi connectivity index (χ1) is 9.83. The zero-order valence-electron chi connectivity index (χ0n) is 11.3. The minimum Gasteiger partial charge on any atom is -0.382 e. The molecule has 0 saturated carbocycles. The van der Waals surface area contributed by atoms with Gasteiger partial charge in [-0.3, -0.25) is 9.88 Å². The van der Waals surface area contributed by atoms with Gasteiger partial charge >= 0.3 is 0 Å². The number of nitrogens with zero attached hydrogens (tertiary/aromatic N) is 2. The molecule has 0 bridgehead atoms. The number of nitrogens with one attached hydrogen (secondary N) is 1. The van der Waals surface area contributed by atoms with Crippen molar-refractivity contribution in [1.29, 1.82) is 0 Å². The SMILES string of the molecule is Brc1cnc2c(NCCN3CCOCC3)cccc2c1. The molecule has 1 aliphatic heterocycles. The van der Waals surface area contributed by atoms with Crippen LogP contribution in [0.4, 0.5) is 5.69 Å². The number of benzene rings is 1. The molecule has 0 unspecified atom stereocenters. The molecule has 2 heterocycles. The number of halogens is 1. The monoisotopic (exact) mass is 335 g/mol. The average Bonchev–Trinajstić information content (AvgIpc) is 2.48. The van der Waals surface area contributed by atoms with E-state index in [9.17, 15) is 0 Å². The standard InChI is InChI=1S/C15H18BrN3O/c16-13-10-12-2-1-3-14(15(12)18-11-13)17-4-5-19-6-8-20-9-7-19/h1-3,10-11,17H,4-9H2. The maximum Gasteiger partial charge on any atom is 0.0934 e. The van der Waals surface area contributed by atoms with Crippen LogP contribution >= 0.6 is 15.9 Å². The van der Waals surface area contributed by atoms with Gasteiger partial charge in [0.15, 0.2) is 0 Å². The fourth-order valence-corrected chi connectivity index (χ4v) is 2.80. The van der Waals surface area contributed by atoms with E-state index in [4.69, 9.17) is 4.74 Å². The lowest BCUT2D eigenvalue weighted by atomic mass is 10.2. The number of rotatable bonds is 4. The third kappa shape index (κ3) is 3.29. The molecule has 1 aromatic heterocycles. The maximum absolute atomic E-state index is 5.36. The molecule has 3 rings (SSSR count). The van der Waals surface area contributed by atoms with Gasteiger partial charge in [0, 0.05) is 42.2 Å². The van der Waals surface area contributed by atoms with Crippen LogP contribution < -0.4 is 5.32 Å². The van der Waals surface area contributed by atoms with Crippen LogP contribution in [0.3, 0.4) is 0 Å². The van der Waals surface area contributed by atoms with E-state index in [1.54, 1.807) is 0 Å². The highest BCUT2D eigenvalue weighted by molar-refractivity contribution is 9.10. The first-order valence-corrected chi connectivity index (χ1v) is 7.70. The van der Waals surface area contributed by atoms with Gasteiger partial charge in [-0.25, -0.2) is 0 Å². The first kappa shape index (κ1) is 13.8. The lowest BCUT2D eigenvalue weighted by Crippen LogP contribution is -2.39. The summed E-state index contributed by atoms with van der Waals surface area (Å²) < 4.78 is 6.37. The number of hydrogen-bond acceptors (Lipinski definition) is 4. The van der Waals surface area contributed by atoms with Gasteiger partial charge in [-0.15, -0.1) is 0 Å². The summed E-state index contributed by atoms with van der Waals surface area (Å²) in [6, 6.07) is 8.33. The highest BCUT2D eigenvalue weighted by Gasteiger charge is 2.09. The van der Waals surface area contributed by atoms with Crippen LogP contribution in [0.25, 0.3) is 10.9 Å². The number of aromatic nitrogens is 1. The lowest BCUT2D eigenvalue weighted by molar-refractivity contribution is 0.0398. The largest absolute Gasteiger partial charge is 0.382 e. The Hall–Kier alpha value is -1.17. The maximum atomic E-state index is 5.36. The van der Waals surface area contributed by atoms with E-state index >= 15 is 0 Å². The molecule has 0 aliphatic carbocycles. The number of morpholine rings is 1. The molecule has 1 aromatic carbocycles. The Bertz CT molecular complexity index is 584. The molecule has 0 spiro atoms. The molecule has 0 radical (unpaired) electrons. The van der Waals surface area contributed by atoms with Gasteiger partial charge < -0.3 is 10.1 Å². The smallest absolute Gasteiger partial charge is 0.0934 e. The molecular formula is C15H18BrN3O. The minimum absolute atomic E-state index is 0.851. The predicted octanol–water partition coefficient (Wildman–Crippen LogP) is 2.74. The summed E-state index contributed by atoms with van der Waals surface area (Å²) in [5.41, 5.74) is 2.13. The highest BCUT2D eigenvalue weighted by atomic mass is 79.9. The summed E-state index contributed by atoms with van der Waals surface area (Å²) in [6.07, 6.45) is 1.84. The van der Waals surface area contributed by atoms with Gasteiger partial charge in [0.1, 0.15) is 0 Å². The van der Waals surface area contributed by atoms with Gasteiger partial charge in [0.2, 0.25) is 0 Å². The van der Waals surface area contributed by atoms with Crippen LogP contribution in [-0.4, -0.2) is 49.3 Å². The Kier molecular flexibility index (Phi) is 4.50. The van der Waals surface area contributed by atoms with Gasteiger partial charge in [-0.2, -0.15) is 0 Å². The van der Waals surface area contributed by atoms with E-state index in [1.807, 2.05) is 6.20 Å². The molecule has 106 valence electrons. The van der Waals surface area contributed by atoms with Crippen molar-refractivity contribution in [2.45, 2.75) is 0 Å². The summed E-state index contributed by atoms with van der Waals surface area (Å²) in [5, 5.41) is 4.64. The summed E-state index contributed by atoms with van der Waals surface area (Å²) in [6.45, 7) is 5.73. The van der Waals surface area contributed by atoms with Gasteiger partial charge in [0.05, 0.1) is 24.4 Å². The predicted molar refractivity (Wildman–Crippen MR) is 85.2 cm³/mol. The summed E-state index contributed by atoms with van der Waals surface area (Å²) in [5.74, 6) is 0. The molecule has 0 amide bonds. The minimum atomic E-state index is 0.851. The Labute approximate surface area is 127 Å². The third-order valence-corrected chi connectivity index (χ3v) is 3.96. The van der Waals surface area contributed by atoms with Crippen molar-refractivity contribution in [3.8, 4) is 0 Å². The van der Waals surface area contributed by atoms with Gasteiger partial charge in [-0.05, 0) is 28.1 Å². The fourth-order valence-electron chi connectivity index (χ4n) is 2.45. The number of pyridine rings is 1. The Balaban J connectivity index is 1.65. The third-order valence-electron chi connectivity index (χ3n) is 3.52. The van der Waals surface area contributed by atoms with E-state index in [0.29, 0.717) is 0 Å². The molecule has 1 N–H and O–H groups in total. The average molecular weight is 336 g/mol. The van der Waals surface area contributed by atoms with E-state index < -0.39 is 0 Å². The van der Waals surface area contributed by atoms with E-state index in [1.165, 1.54) is 0 Å². The first-order valence-electron chi connectivity index (χ1n) is 6.91. The summed E-state index contributed by atoms with van der Waals surface area (Å²) >= 11 is 3.46. The van der Waals surface area contributed by atoms with Crippen molar-refractivity contribution < 1.29 is 4.74 Å². The summed E-state index contributed by atoms with van der Waals surface area (Å²) in [7, 11) is 0. The highest BCUT2D eigenvalue weighted by Crippen LogP contribution is 2.23. The molecule has 5 heteroatoms. The van der Waals surface area contributed by atoms with E-state index in [0.717, 1.165) is 60.5 Å². The van der Waals surface area contributed by atoms with Crippen LogP contribution in [-0.2, 0) is 4.74 Å². The molecule has 1 aliphatic rings. The topological polar surface area (TPSA) is 37.4 Å². The lowest BCUT2D eigenvalue weighted by Gasteiger charge is -2.26. The molecule has 20 heavy (non-hydrogen) atoms. The van der Waals surface area contributed by atoms with E-state index in [-0.39, 0.29) is 0 Å². The van der Waals surface area contributed by atoms with Crippen LogP contribution in [0.2, 0.25) is 0 Å². The fraction of sp³-hybridized carbons (Fsp3) is 0.400. The quantitative estimate of drug-likeness (QED) is 0.932. The molecule has 0 atom stereocenters. The summed E-state index contributed by atoms with van der Waals surface area (Å²) in [4.78, 5) is 6.93. The van der Waals surface area contributed by atoms with Gasteiger partial charge in [0.25, 0.3) is 0 Å². The van der Waals surface area contributed by atoms with Crippen LogP contribution in [0.5, 0.6) is 0 Å². The van der Waals surface area contributed by atoms with Crippen molar-refractivity contribution in [2.75, 3.05) is 44.7 Å². The van der Waals surface area contributed by atoms with Crippen LogP contribution in [0.1, 0.15) is 0 Å². The van der Waals surface area contributed by atoms with Crippen LogP contribution in [0, 0.1) is 0 Å². The molecule has 2 aromatic rings. The number of ether oxygens (including phenoxy) is 1. The number of hydrogen-bond donors (Lipinski definition) is 1. The van der Waals surface area contributed by atoms with Crippen molar-refractivity contribution in [3.05, 3.63) is 34.9 Å². The number of anilines is 1. The molecular weight excluding hydrogens is 318 g/mol. The zero-order valence-corrected chi connectivity index (χ0v) is 12.9. The number of fused-ring (bicyclic) bond motifs is 1. The Morgan fingerprint density at radius 2 is 2.15 bits per heavy atom. The normalized spacial score (nSPS) is 16.4. The van der Waals surface area contributed by atoms with Crippen molar-refractivity contribution in [3.63, 3.8) is 0 Å². The zero-order chi connectivity index (χ0) is 13.8. The second-order valence-electron chi connectivity index (χ2n) is 4.91. The Morgan fingerprint density at radius 1 is 1.30 bits per heavy atom.